The highest BCUT2D eigenvalue weighted by atomic mass is 13.7. The molecule has 0 radical (unpaired) electrons. The van der Waals surface area contributed by atoms with Crippen molar-refractivity contribution >= 4 is 0 Å². The molecule has 0 aliphatic carbocycles. The summed E-state index contributed by atoms with van der Waals surface area (Å²) in [6, 6.07) is 0. The molecule has 0 bridgehead atoms. The summed E-state index contributed by atoms with van der Waals surface area (Å²) in [5.41, 5.74) is 3.01. The van der Waals surface area contributed by atoms with E-state index in [9.17, 15) is 0 Å². The molecule has 0 atom stereocenters. The minimum absolute atomic E-state index is 1.01. The van der Waals surface area contributed by atoms with Gasteiger partial charge in [-0.15, -0.1) is 5.73 Å². The molecule has 0 fully saturated rings. The third-order valence-corrected chi connectivity index (χ3v) is 0.941. The van der Waals surface area contributed by atoms with Crippen LogP contribution < -0.4 is 0 Å². The molecule has 0 spiro atoms. The average Bonchev–Trinajstić information content (AvgIpc) is 1.89. The molecule has 0 aliphatic heterocycles. The topological polar surface area (TPSA) is 0 Å². The van der Waals surface area contributed by atoms with Gasteiger partial charge in [0, 0.05) is 0 Å². The second-order valence-electron chi connectivity index (χ2n) is 1.77. The fourth-order valence-electron chi connectivity index (χ4n) is 0.517. The largest absolute Gasteiger partial charge is 0.130 e. The van der Waals surface area contributed by atoms with Gasteiger partial charge in [-0.1, -0.05) is 19.1 Å². The first-order valence-electron chi connectivity index (χ1n) is 3.42. The summed E-state index contributed by atoms with van der Waals surface area (Å²) in [5.74, 6) is 0. The maximum atomic E-state index is 3.01. The molecule has 0 heteroatoms. The molecule has 0 aromatic rings. The monoisotopic (exact) mass is 122 g/mol. The third kappa shape index (κ3) is 7.26. The molecule has 0 saturated carbocycles. The smallest absolute Gasteiger partial charge is 0.00931 e. The maximum absolute atomic E-state index is 3.01. The molecule has 0 aromatic heterocycles. The zero-order valence-electron chi connectivity index (χ0n) is 6.22. The van der Waals surface area contributed by atoms with Crippen LogP contribution in [-0.2, 0) is 0 Å². The highest BCUT2D eigenvalue weighted by Crippen LogP contribution is 1.85. The molecule has 0 amide bonds. The summed E-state index contributed by atoms with van der Waals surface area (Å²) >= 11 is 0. The molecule has 0 unspecified atom stereocenters. The van der Waals surface area contributed by atoms with Crippen LogP contribution in [-0.4, -0.2) is 0 Å². The minimum atomic E-state index is 1.01. The van der Waals surface area contributed by atoms with Gasteiger partial charge in [0.25, 0.3) is 0 Å². The van der Waals surface area contributed by atoms with Gasteiger partial charge in [0.1, 0.15) is 0 Å². The van der Waals surface area contributed by atoms with E-state index in [2.05, 4.69) is 24.8 Å². The Morgan fingerprint density at radius 3 is 2.67 bits per heavy atom. The van der Waals surface area contributed by atoms with Gasteiger partial charge < -0.3 is 0 Å². The van der Waals surface area contributed by atoms with Crippen LogP contribution in [0.25, 0.3) is 0 Å². The number of hydrogen-bond acceptors (Lipinski definition) is 0. The highest BCUT2D eigenvalue weighted by Gasteiger charge is 1.65. The SMILES string of the molecule is CC=C=CCC=CCC. The Morgan fingerprint density at radius 2 is 2.11 bits per heavy atom. The van der Waals surface area contributed by atoms with Gasteiger partial charge in [-0.3, -0.25) is 0 Å². The summed E-state index contributed by atoms with van der Waals surface area (Å²) in [5, 5.41) is 0. The van der Waals surface area contributed by atoms with Crippen molar-refractivity contribution in [3.63, 3.8) is 0 Å². The molecular weight excluding hydrogens is 108 g/mol. The zero-order valence-corrected chi connectivity index (χ0v) is 6.22. The standard InChI is InChI=1S/C9H14/c1-3-5-7-9-8-6-4-2/h3,6-8H,4,9H2,1-2H3. The van der Waals surface area contributed by atoms with Crippen molar-refractivity contribution in [3.8, 4) is 0 Å². The first-order valence-corrected chi connectivity index (χ1v) is 3.42. The van der Waals surface area contributed by atoms with Gasteiger partial charge in [-0.05, 0) is 31.9 Å². The molecule has 0 N–H and O–H groups in total. The van der Waals surface area contributed by atoms with Gasteiger partial charge in [0.15, 0.2) is 0 Å². The normalized spacial score (nSPS) is 9.11. The Bertz CT molecular complexity index is 123. The van der Waals surface area contributed by atoms with Crippen LogP contribution in [0.3, 0.4) is 0 Å². The van der Waals surface area contributed by atoms with Crippen molar-refractivity contribution in [1.82, 2.24) is 0 Å². The van der Waals surface area contributed by atoms with E-state index in [-0.39, 0.29) is 0 Å². The van der Waals surface area contributed by atoms with Crippen LogP contribution in [0.15, 0.2) is 30.0 Å². The van der Waals surface area contributed by atoms with Crippen molar-refractivity contribution in [2.75, 3.05) is 0 Å². The number of allylic oxidation sites excluding steroid dienone is 3. The molecule has 0 saturated heterocycles. The number of hydrogen-bond donors (Lipinski definition) is 0. The van der Waals surface area contributed by atoms with E-state index in [0.717, 1.165) is 12.8 Å². The Balaban J connectivity index is 3.29. The second-order valence-corrected chi connectivity index (χ2v) is 1.77. The second kappa shape index (κ2) is 7.26. The lowest BCUT2D eigenvalue weighted by Crippen LogP contribution is -1.55. The van der Waals surface area contributed by atoms with E-state index in [0.29, 0.717) is 0 Å². The molecule has 9 heavy (non-hydrogen) atoms. The summed E-state index contributed by atoms with van der Waals surface area (Å²) in [4.78, 5) is 0. The van der Waals surface area contributed by atoms with E-state index < -0.39 is 0 Å². The van der Waals surface area contributed by atoms with E-state index in [1.165, 1.54) is 0 Å². The number of rotatable bonds is 3. The quantitative estimate of drug-likeness (QED) is 0.398. The first kappa shape index (κ1) is 8.26. The van der Waals surface area contributed by atoms with Crippen molar-refractivity contribution in [2.24, 2.45) is 0 Å². The fraction of sp³-hybridized carbons (Fsp3) is 0.444. The van der Waals surface area contributed by atoms with Crippen LogP contribution >= 0.6 is 0 Å². The lowest BCUT2D eigenvalue weighted by molar-refractivity contribution is 1.20. The summed E-state index contributed by atoms with van der Waals surface area (Å²) in [6.45, 7) is 4.11. The Morgan fingerprint density at radius 1 is 1.33 bits per heavy atom. The Hall–Kier alpha value is -0.740. The molecule has 50 valence electrons. The summed E-state index contributed by atoms with van der Waals surface area (Å²) in [7, 11) is 0. The predicted octanol–water partition coefficient (Wildman–Crippen LogP) is 3.07. The van der Waals surface area contributed by atoms with Crippen molar-refractivity contribution in [3.05, 3.63) is 30.0 Å². The maximum Gasteiger partial charge on any atom is -0.00931 e. The van der Waals surface area contributed by atoms with Crippen LogP contribution in [0.4, 0.5) is 0 Å². The van der Waals surface area contributed by atoms with Crippen LogP contribution in [0.1, 0.15) is 26.7 Å². The van der Waals surface area contributed by atoms with Crippen LogP contribution in [0.5, 0.6) is 0 Å². The Labute approximate surface area is 57.6 Å². The van der Waals surface area contributed by atoms with Crippen molar-refractivity contribution in [1.29, 1.82) is 0 Å². The zero-order chi connectivity index (χ0) is 6.95. The molecular formula is C9H14. The van der Waals surface area contributed by atoms with Crippen molar-refractivity contribution in [2.45, 2.75) is 26.7 Å². The lowest BCUT2D eigenvalue weighted by Gasteiger charge is -1.75. The Kier molecular flexibility index (Phi) is 6.66. The highest BCUT2D eigenvalue weighted by molar-refractivity contribution is 4.91. The average molecular weight is 122 g/mol. The van der Waals surface area contributed by atoms with Gasteiger partial charge >= 0.3 is 0 Å². The predicted molar refractivity (Wildman–Crippen MR) is 42.4 cm³/mol. The van der Waals surface area contributed by atoms with E-state index >= 15 is 0 Å². The van der Waals surface area contributed by atoms with E-state index in [4.69, 9.17) is 0 Å². The molecule has 0 nitrogen and oxygen atoms in total. The molecule has 0 aromatic carbocycles. The van der Waals surface area contributed by atoms with Crippen LogP contribution in [0, 0.1) is 0 Å². The third-order valence-electron chi connectivity index (χ3n) is 0.941. The van der Waals surface area contributed by atoms with Gasteiger partial charge in [0.2, 0.25) is 0 Å². The van der Waals surface area contributed by atoms with Gasteiger partial charge in [-0.25, -0.2) is 0 Å². The van der Waals surface area contributed by atoms with Crippen molar-refractivity contribution < 1.29 is 0 Å². The van der Waals surface area contributed by atoms with Gasteiger partial charge in [-0.2, -0.15) is 0 Å². The minimum Gasteiger partial charge on any atom is -0.130 e. The van der Waals surface area contributed by atoms with E-state index in [1.807, 2.05) is 19.1 Å². The fourth-order valence-corrected chi connectivity index (χ4v) is 0.517. The van der Waals surface area contributed by atoms with E-state index in [1.54, 1.807) is 0 Å². The lowest BCUT2D eigenvalue weighted by atomic mass is 10.3. The van der Waals surface area contributed by atoms with Crippen LogP contribution in [0.2, 0.25) is 0 Å². The molecule has 0 heterocycles. The molecule has 0 rings (SSSR count). The molecule has 0 aliphatic rings. The van der Waals surface area contributed by atoms with Gasteiger partial charge in [0.05, 0.1) is 0 Å². The summed E-state index contributed by atoms with van der Waals surface area (Å²) in [6.07, 6.45) is 10.4. The first-order chi connectivity index (χ1) is 4.41. The summed E-state index contributed by atoms with van der Waals surface area (Å²) < 4.78 is 0.